The first-order valence-corrected chi connectivity index (χ1v) is 4.67. The summed E-state index contributed by atoms with van der Waals surface area (Å²) >= 11 is 0. The molecule has 0 radical (unpaired) electrons. The zero-order valence-electron chi connectivity index (χ0n) is 8.74. The van der Waals surface area contributed by atoms with Crippen LogP contribution in [0.3, 0.4) is 0 Å². The summed E-state index contributed by atoms with van der Waals surface area (Å²) in [6.07, 6.45) is 0.547. The predicted octanol–water partition coefficient (Wildman–Crippen LogP) is 1.74. The van der Waals surface area contributed by atoms with Crippen molar-refractivity contribution in [2.45, 2.75) is 13.8 Å². The second-order valence-electron chi connectivity index (χ2n) is 2.98. The van der Waals surface area contributed by atoms with Crippen molar-refractivity contribution in [3.63, 3.8) is 0 Å². The van der Waals surface area contributed by atoms with Crippen molar-refractivity contribution in [1.29, 1.82) is 0 Å². The van der Waals surface area contributed by atoms with E-state index in [1.165, 1.54) is 0 Å². The maximum absolute atomic E-state index is 11.5. The van der Waals surface area contributed by atoms with Gasteiger partial charge in [0.15, 0.2) is 0 Å². The van der Waals surface area contributed by atoms with Gasteiger partial charge in [-0.1, -0.05) is 12.1 Å². The van der Waals surface area contributed by atoms with Crippen LogP contribution in [0.25, 0.3) is 0 Å². The van der Waals surface area contributed by atoms with E-state index in [1.54, 1.807) is 19.1 Å². The molecule has 0 unspecified atom stereocenters. The minimum Gasteiger partial charge on any atom is -0.462 e. The molecule has 1 aromatic rings. The van der Waals surface area contributed by atoms with Crippen molar-refractivity contribution in [2.75, 3.05) is 11.9 Å². The molecule has 0 bridgehead atoms. The van der Waals surface area contributed by atoms with Gasteiger partial charge in [0.25, 0.3) is 0 Å². The number of hydrogen-bond acceptors (Lipinski definition) is 3. The Morgan fingerprint density at radius 3 is 2.87 bits per heavy atom. The van der Waals surface area contributed by atoms with Gasteiger partial charge in [0.05, 0.1) is 17.9 Å². The average Bonchev–Trinajstić information content (AvgIpc) is 2.21. The maximum atomic E-state index is 11.5. The lowest BCUT2D eigenvalue weighted by Gasteiger charge is -2.09. The highest BCUT2D eigenvalue weighted by Crippen LogP contribution is 2.20. The molecule has 80 valence electrons. The van der Waals surface area contributed by atoms with Gasteiger partial charge in [-0.3, -0.25) is 4.79 Å². The highest BCUT2D eigenvalue weighted by atomic mass is 16.5. The van der Waals surface area contributed by atoms with E-state index < -0.39 is 5.97 Å². The standard InChI is InChI=1S/C11H13NO3/c1-3-15-11(14)9-6-4-5-8(2)10(9)12-7-13/h4-7H,3H2,1-2H3,(H,12,13). The van der Waals surface area contributed by atoms with E-state index >= 15 is 0 Å². The lowest BCUT2D eigenvalue weighted by Crippen LogP contribution is -2.10. The number of rotatable bonds is 4. The number of esters is 1. The van der Waals surface area contributed by atoms with E-state index in [1.807, 2.05) is 13.0 Å². The van der Waals surface area contributed by atoms with Crippen LogP contribution >= 0.6 is 0 Å². The zero-order valence-corrected chi connectivity index (χ0v) is 8.74. The minimum absolute atomic E-state index is 0.313. The highest BCUT2D eigenvalue weighted by Gasteiger charge is 2.13. The van der Waals surface area contributed by atoms with Crippen LogP contribution in [-0.4, -0.2) is 19.0 Å². The van der Waals surface area contributed by atoms with Gasteiger partial charge in [-0.15, -0.1) is 0 Å². The van der Waals surface area contributed by atoms with Gasteiger partial charge in [-0.2, -0.15) is 0 Å². The van der Waals surface area contributed by atoms with Crippen LogP contribution in [0.1, 0.15) is 22.8 Å². The smallest absolute Gasteiger partial charge is 0.340 e. The predicted molar refractivity (Wildman–Crippen MR) is 56.8 cm³/mol. The fourth-order valence-corrected chi connectivity index (χ4v) is 1.30. The number of ether oxygens (including phenoxy) is 1. The van der Waals surface area contributed by atoms with Crippen LogP contribution in [0.4, 0.5) is 5.69 Å². The molecule has 0 fully saturated rings. The molecular formula is C11H13NO3. The number of nitrogens with one attached hydrogen (secondary N) is 1. The average molecular weight is 207 g/mol. The van der Waals surface area contributed by atoms with E-state index in [9.17, 15) is 9.59 Å². The molecule has 0 aromatic heterocycles. The summed E-state index contributed by atoms with van der Waals surface area (Å²) in [6.45, 7) is 3.86. The summed E-state index contributed by atoms with van der Waals surface area (Å²) in [4.78, 5) is 21.9. The minimum atomic E-state index is -0.425. The van der Waals surface area contributed by atoms with Crippen molar-refractivity contribution in [3.05, 3.63) is 29.3 Å². The zero-order chi connectivity index (χ0) is 11.3. The summed E-state index contributed by atoms with van der Waals surface area (Å²) in [5.41, 5.74) is 1.71. The Morgan fingerprint density at radius 2 is 2.27 bits per heavy atom. The van der Waals surface area contributed by atoms with Crippen molar-refractivity contribution < 1.29 is 14.3 Å². The third-order valence-electron chi connectivity index (χ3n) is 1.97. The Kier molecular flexibility index (Phi) is 3.85. The highest BCUT2D eigenvalue weighted by molar-refractivity contribution is 5.98. The molecule has 0 saturated heterocycles. The first kappa shape index (κ1) is 11.2. The van der Waals surface area contributed by atoms with Crippen molar-refractivity contribution in [2.24, 2.45) is 0 Å². The van der Waals surface area contributed by atoms with Gasteiger partial charge in [0, 0.05) is 0 Å². The summed E-state index contributed by atoms with van der Waals surface area (Å²) in [7, 11) is 0. The van der Waals surface area contributed by atoms with Crippen molar-refractivity contribution in [3.8, 4) is 0 Å². The first-order valence-electron chi connectivity index (χ1n) is 4.67. The Hall–Kier alpha value is -1.84. The molecule has 1 N–H and O–H groups in total. The summed E-state index contributed by atoms with van der Waals surface area (Å²) in [5.74, 6) is -0.425. The van der Waals surface area contributed by atoms with Gasteiger partial charge in [-0.25, -0.2) is 4.79 Å². The molecule has 0 aliphatic carbocycles. The summed E-state index contributed by atoms with van der Waals surface area (Å²) in [5, 5.41) is 2.50. The van der Waals surface area contributed by atoms with E-state index in [-0.39, 0.29) is 0 Å². The number of carbonyl (C=O) groups excluding carboxylic acids is 2. The fourth-order valence-electron chi connectivity index (χ4n) is 1.30. The monoisotopic (exact) mass is 207 g/mol. The topological polar surface area (TPSA) is 55.4 Å². The molecule has 4 heteroatoms. The van der Waals surface area contributed by atoms with Crippen LogP contribution in [0.5, 0.6) is 0 Å². The SMILES string of the molecule is CCOC(=O)c1cccc(C)c1NC=O. The molecule has 0 aliphatic rings. The van der Waals surface area contributed by atoms with E-state index in [0.29, 0.717) is 24.3 Å². The number of aryl methyl sites for hydroxylation is 1. The molecule has 1 amide bonds. The summed E-state index contributed by atoms with van der Waals surface area (Å²) < 4.78 is 4.88. The Morgan fingerprint density at radius 1 is 1.53 bits per heavy atom. The molecule has 4 nitrogen and oxygen atoms in total. The van der Waals surface area contributed by atoms with Gasteiger partial charge in [0.2, 0.25) is 6.41 Å². The van der Waals surface area contributed by atoms with Crippen LogP contribution < -0.4 is 5.32 Å². The molecule has 0 aliphatic heterocycles. The molecule has 15 heavy (non-hydrogen) atoms. The normalized spacial score (nSPS) is 9.47. The number of anilines is 1. The molecule has 0 atom stereocenters. The number of amides is 1. The first-order chi connectivity index (χ1) is 7.20. The fraction of sp³-hybridized carbons (Fsp3) is 0.273. The second kappa shape index (κ2) is 5.14. The Labute approximate surface area is 88.2 Å². The number of para-hydroxylation sites is 1. The lowest BCUT2D eigenvalue weighted by atomic mass is 10.1. The van der Waals surface area contributed by atoms with E-state index in [2.05, 4.69) is 5.32 Å². The van der Waals surface area contributed by atoms with Gasteiger partial charge < -0.3 is 10.1 Å². The summed E-state index contributed by atoms with van der Waals surface area (Å²) in [6, 6.07) is 5.18. The van der Waals surface area contributed by atoms with Crippen molar-refractivity contribution >= 4 is 18.1 Å². The number of carbonyl (C=O) groups is 2. The van der Waals surface area contributed by atoms with Crippen LogP contribution in [0, 0.1) is 6.92 Å². The second-order valence-corrected chi connectivity index (χ2v) is 2.98. The van der Waals surface area contributed by atoms with E-state index in [0.717, 1.165) is 5.56 Å². The quantitative estimate of drug-likeness (QED) is 0.604. The Balaban J connectivity index is 3.10. The molecular weight excluding hydrogens is 194 g/mol. The van der Waals surface area contributed by atoms with Gasteiger partial charge in [-0.05, 0) is 25.5 Å². The van der Waals surface area contributed by atoms with Crippen LogP contribution in [-0.2, 0) is 9.53 Å². The maximum Gasteiger partial charge on any atom is 0.340 e. The molecule has 1 aromatic carbocycles. The molecule has 0 saturated carbocycles. The largest absolute Gasteiger partial charge is 0.462 e. The van der Waals surface area contributed by atoms with Gasteiger partial charge >= 0.3 is 5.97 Å². The third-order valence-corrected chi connectivity index (χ3v) is 1.97. The van der Waals surface area contributed by atoms with E-state index in [4.69, 9.17) is 4.74 Å². The number of benzene rings is 1. The number of hydrogen-bond donors (Lipinski definition) is 1. The van der Waals surface area contributed by atoms with Crippen molar-refractivity contribution in [1.82, 2.24) is 0 Å². The lowest BCUT2D eigenvalue weighted by molar-refractivity contribution is -0.105. The molecule has 0 heterocycles. The van der Waals surface area contributed by atoms with Crippen LogP contribution in [0.15, 0.2) is 18.2 Å². The molecule has 1 rings (SSSR count). The Bertz CT molecular complexity index is 374. The van der Waals surface area contributed by atoms with Gasteiger partial charge in [0.1, 0.15) is 0 Å². The van der Waals surface area contributed by atoms with Crippen LogP contribution in [0.2, 0.25) is 0 Å². The molecule has 0 spiro atoms. The third kappa shape index (κ3) is 2.56.